The van der Waals surface area contributed by atoms with E-state index in [2.05, 4.69) is 5.32 Å². The number of nitrogens with zero attached hydrogens (tertiary/aromatic N) is 1. The average molecular weight is 344 g/mol. The van der Waals surface area contributed by atoms with E-state index in [0.29, 0.717) is 24.4 Å². The van der Waals surface area contributed by atoms with E-state index < -0.39 is 0 Å². The first kappa shape index (κ1) is 18.8. The third kappa shape index (κ3) is 5.19. The van der Waals surface area contributed by atoms with E-state index in [0.717, 1.165) is 30.8 Å². The molecule has 0 aromatic heterocycles. The maximum absolute atomic E-state index is 12.1. The fourth-order valence-corrected chi connectivity index (χ4v) is 3.21. The van der Waals surface area contributed by atoms with E-state index in [9.17, 15) is 9.59 Å². The van der Waals surface area contributed by atoms with Crippen molar-refractivity contribution in [3.63, 3.8) is 0 Å². The lowest BCUT2D eigenvalue weighted by atomic mass is 10.2. The van der Waals surface area contributed by atoms with E-state index in [4.69, 9.17) is 5.73 Å². The third-order valence-corrected chi connectivity index (χ3v) is 4.43. The Balaban J connectivity index is 0.00000242. The maximum atomic E-state index is 12.1. The lowest BCUT2D eigenvalue weighted by molar-refractivity contribution is -0.127. The van der Waals surface area contributed by atoms with Gasteiger partial charge in [0, 0.05) is 31.1 Å². The van der Waals surface area contributed by atoms with E-state index in [1.165, 1.54) is 11.8 Å². The largest absolute Gasteiger partial charge is 0.351 e. The molecule has 22 heavy (non-hydrogen) atoms. The van der Waals surface area contributed by atoms with Gasteiger partial charge in [-0.25, -0.2) is 0 Å². The number of likely N-dealkylation sites (tertiary alicyclic amines) is 1. The van der Waals surface area contributed by atoms with Crippen LogP contribution in [0.5, 0.6) is 0 Å². The zero-order chi connectivity index (χ0) is 15.1. The van der Waals surface area contributed by atoms with Crippen molar-refractivity contribution in [1.82, 2.24) is 10.2 Å². The van der Waals surface area contributed by atoms with Crippen molar-refractivity contribution in [2.24, 2.45) is 5.73 Å². The number of carbonyl (C=O) groups excluding carboxylic acids is 2. The molecule has 0 spiro atoms. The topological polar surface area (TPSA) is 75.4 Å². The lowest BCUT2D eigenvalue weighted by Gasteiger charge is -2.15. The Morgan fingerprint density at radius 2 is 1.91 bits per heavy atom. The van der Waals surface area contributed by atoms with Crippen LogP contribution in [0, 0.1) is 0 Å². The van der Waals surface area contributed by atoms with Crippen molar-refractivity contribution in [1.29, 1.82) is 0 Å². The van der Waals surface area contributed by atoms with Crippen molar-refractivity contribution < 1.29 is 9.59 Å². The van der Waals surface area contributed by atoms with Crippen LogP contribution < -0.4 is 11.1 Å². The second-order valence-electron chi connectivity index (χ2n) is 4.92. The van der Waals surface area contributed by atoms with Gasteiger partial charge in [-0.1, -0.05) is 12.1 Å². The molecule has 0 saturated carbocycles. The maximum Gasteiger partial charge on any atom is 0.252 e. The molecule has 0 atom stereocenters. The van der Waals surface area contributed by atoms with Gasteiger partial charge in [0.2, 0.25) is 5.91 Å². The van der Waals surface area contributed by atoms with E-state index >= 15 is 0 Å². The zero-order valence-corrected chi connectivity index (χ0v) is 14.0. The number of nitrogens with one attached hydrogen (secondary N) is 1. The molecule has 1 aliphatic heterocycles. The van der Waals surface area contributed by atoms with Crippen LogP contribution in [0.2, 0.25) is 0 Å². The summed E-state index contributed by atoms with van der Waals surface area (Å²) in [6.45, 7) is 2.58. The smallest absolute Gasteiger partial charge is 0.252 e. The predicted octanol–water partition coefficient (Wildman–Crippen LogP) is 1.51. The molecular weight excluding hydrogens is 322 g/mol. The van der Waals surface area contributed by atoms with Crippen molar-refractivity contribution in [3.8, 4) is 0 Å². The van der Waals surface area contributed by atoms with Gasteiger partial charge in [0.25, 0.3) is 5.91 Å². The summed E-state index contributed by atoms with van der Waals surface area (Å²) < 4.78 is 0. The van der Waals surface area contributed by atoms with Crippen LogP contribution >= 0.6 is 24.2 Å². The second kappa shape index (κ2) is 9.71. The number of carbonyl (C=O) groups is 2. The molecule has 122 valence electrons. The Kier molecular flexibility index (Phi) is 8.30. The average Bonchev–Trinajstić information content (AvgIpc) is 3.05. The van der Waals surface area contributed by atoms with Crippen LogP contribution in [0.4, 0.5) is 0 Å². The monoisotopic (exact) mass is 343 g/mol. The summed E-state index contributed by atoms with van der Waals surface area (Å²) in [7, 11) is 0. The van der Waals surface area contributed by atoms with Gasteiger partial charge < -0.3 is 16.0 Å². The minimum Gasteiger partial charge on any atom is -0.351 e. The highest BCUT2D eigenvalue weighted by molar-refractivity contribution is 8.00. The molecule has 0 radical (unpaired) electrons. The number of benzene rings is 1. The molecule has 0 unspecified atom stereocenters. The minimum absolute atomic E-state index is 0. The van der Waals surface area contributed by atoms with Crippen LogP contribution in [0.15, 0.2) is 29.2 Å². The number of nitrogens with two attached hydrogens (primary N) is 1. The summed E-state index contributed by atoms with van der Waals surface area (Å²) in [5, 5.41) is 2.76. The Morgan fingerprint density at radius 3 is 2.59 bits per heavy atom. The highest BCUT2D eigenvalue weighted by Crippen LogP contribution is 2.23. The molecule has 1 heterocycles. The van der Waals surface area contributed by atoms with Crippen molar-refractivity contribution in [2.75, 3.05) is 31.9 Å². The van der Waals surface area contributed by atoms with Crippen LogP contribution in [-0.4, -0.2) is 48.6 Å². The van der Waals surface area contributed by atoms with Gasteiger partial charge in [0.05, 0.1) is 11.3 Å². The molecule has 2 rings (SSSR count). The van der Waals surface area contributed by atoms with Gasteiger partial charge in [-0.3, -0.25) is 9.59 Å². The molecular formula is C15H22ClN3O2S. The summed E-state index contributed by atoms with van der Waals surface area (Å²) in [5.74, 6) is 0.383. The first-order chi connectivity index (χ1) is 10.2. The Bertz CT molecular complexity index is 507. The summed E-state index contributed by atoms with van der Waals surface area (Å²) in [6, 6.07) is 7.35. The van der Waals surface area contributed by atoms with Gasteiger partial charge in [0.1, 0.15) is 0 Å². The molecule has 1 fully saturated rings. The number of rotatable bonds is 6. The van der Waals surface area contributed by atoms with Crippen molar-refractivity contribution >= 4 is 36.0 Å². The number of amides is 2. The van der Waals surface area contributed by atoms with Gasteiger partial charge in [-0.05, 0) is 25.0 Å². The first-order valence-corrected chi connectivity index (χ1v) is 8.19. The van der Waals surface area contributed by atoms with Crippen molar-refractivity contribution in [3.05, 3.63) is 29.8 Å². The number of hydrogen-bond donors (Lipinski definition) is 2. The number of hydrogen-bond acceptors (Lipinski definition) is 4. The summed E-state index contributed by atoms with van der Waals surface area (Å²) >= 11 is 1.42. The van der Waals surface area contributed by atoms with E-state index in [1.807, 2.05) is 23.1 Å². The molecule has 3 N–H and O–H groups in total. The molecule has 7 heteroatoms. The standard InChI is InChI=1S/C15H21N3O2S.ClH/c16-7-8-17-15(20)12-5-1-2-6-13(12)21-11-14(19)18-9-3-4-10-18;/h1-2,5-6H,3-4,7-11,16H2,(H,17,20);1H. The second-order valence-corrected chi connectivity index (χ2v) is 5.93. The number of thioether (sulfide) groups is 1. The molecule has 5 nitrogen and oxygen atoms in total. The van der Waals surface area contributed by atoms with Gasteiger partial charge >= 0.3 is 0 Å². The van der Waals surface area contributed by atoms with Crippen LogP contribution in [0.1, 0.15) is 23.2 Å². The molecule has 1 aliphatic rings. The lowest BCUT2D eigenvalue weighted by Crippen LogP contribution is -2.30. The quantitative estimate of drug-likeness (QED) is 0.768. The molecule has 2 amide bonds. The molecule has 1 aromatic carbocycles. The summed E-state index contributed by atoms with van der Waals surface area (Å²) in [6.07, 6.45) is 2.18. The van der Waals surface area contributed by atoms with Crippen LogP contribution in [-0.2, 0) is 4.79 Å². The fraction of sp³-hybridized carbons (Fsp3) is 0.467. The Labute approximate surface area is 141 Å². The Hall–Kier alpha value is -1.24. The molecule has 1 saturated heterocycles. The summed E-state index contributed by atoms with van der Waals surface area (Å²) in [4.78, 5) is 26.8. The van der Waals surface area contributed by atoms with Gasteiger partial charge in [-0.15, -0.1) is 24.2 Å². The normalized spacial score (nSPS) is 13.6. The fourth-order valence-electron chi connectivity index (χ4n) is 2.26. The summed E-state index contributed by atoms with van der Waals surface area (Å²) in [5.41, 5.74) is 5.99. The highest BCUT2D eigenvalue weighted by Gasteiger charge is 2.19. The minimum atomic E-state index is -0.142. The SMILES string of the molecule is Cl.NCCNC(=O)c1ccccc1SCC(=O)N1CCCC1. The van der Waals surface area contributed by atoms with Crippen LogP contribution in [0.3, 0.4) is 0 Å². The van der Waals surface area contributed by atoms with E-state index in [-0.39, 0.29) is 24.2 Å². The zero-order valence-electron chi connectivity index (χ0n) is 12.4. The highest BCUT2D eigenvalue weighted by atomic mass is 35.5. The molecule has 0 bridgehead atoms. The third-order valence-electron chi connectivity index (χ3n) is 3.37. The molecule has 1 aromatic rings. The predicted molar refractivity (Wildman–Crippen MR) is 91.6 cm³/mol. The Morgan fingerprint density at radius 1 is 1.23 bits per heavy atom. The van der Waals surface area contributed by atoms with Crippen molar-refractivity contribution in [2.45, 2.75) is 17.7 Å². The first-order valence-electron chi connectivity index (χ1n) is 7.20. The molecule has 0 aliphatic carbocycles. The van der Waals surface area contributed by atoms with Crippen LogP contribution in [0.25, 0.3) is 0 Å². The van der Waals surface area contributed by atoms with E-state index in [1.54, 1.807) is 6.07 Å². The number of halogens is 1. The van der Waals surface area contributed by atoms with Gasteiger partial charge in [0.15, 0.2) is 0 Å². The van der Waals surface area contributed by atoms with Gasteiger partial charge in [-0.2, -0.15) is 0 Å².